The average Bonchev–Trinajstić information content (AvgIpc) is 3.88. The molecule has 2 aromatic carbocycles. The van der Waals surface area contributed by atoms with E-state index in [2.05, 4.69) is 151 Å². The highest BCUT2D eigenvalue weighted by molar-refractivity contribution is 14.0. The molecule has 0 saturated heterocycles. The van der Waals surface area contributed by atoms with Crippen molar-refractivity contribution >= 4 is 30.1 Å². The van der Waals surface area contributed by atoms with Gasteiger partial charge in [0, 0.05) is 0 Å². The monoisotopic (exact) mass is 794 g/mol. The Labute approximate surface area is 329 Å². The van der Waals surface area contributed by atoms with Gasteiger partial charge in [-0.15, -0.1) is 37.1 Å². The number of hydrogen-bond acceptors (Lipinski definition) is 1. The standard InChI is InChI=1S/C15H24.C9H10.C7H8.C5H8.C4H6.C3H9N.C3H6.C2H4.HI/c1-6-10-14(7-2)12-11-13(5)15(8-3)9-4;1-2-6-9-7-4-3-5-8-9;1-7-5-3-2-4-6-7;1-2-4-5-3-1;1-2-4-3-1;1-3-4-2;1-2-3-1;1-2;/h6-8,10-13H,9H2,1-5H3;2-8H,1H3;2-6H,1H3;1-2H,3-5H2;1-2H,3-4H2;4H,3H2,1-2H3;1-3H2;1-2H2;1H/b10-6+,12-11-,14-7-,15-8+;6-2+;;;;;;;. The lowest BCUT2D eigenvalue weighted by atomic mass is 9.97. The molecule has 0 aliphatic heterocycles. The molecule has 0 radical (unpaired) electrons. The Balaban J connectivity index is -0.000000260. The summed E-state index contributed by atoms with van der Waals surface area (Å²) in [4.78, 5) is 0. The summed E-state index contributed by atoms with van der Waals surface area (Å²) in [5.41, 5.74) is 5.36. The largest absolute Gasteiger partial charge is 0.320 e. The first-order valence-electron chi connectivity index (χ1n) is 18.7. The molecule has 2 heteroatoms. The van der Waals surface area contributed by atoms with E-state index in [0.717, 1.165) is 13.0 Å². The van der Waals surface area contributed by atoms with Gasteiger partial charge in [0.25, 0.3) is 0 Å². The summed E-state index contributed by atoms with van der Waals surface area (Å²) in [6, 6.07) is 20.5. The smallest absolute Gasteiger partial charge is 0.00485 e. The van der Waals surface area contributed by atoms with E-state index < -0.39 is 0 Å². The number of hydrogen-bond donors (Lipinski definition) is 1. The zero-order chi connectivity index (χ0) is 37.2. The first-order chi connectivity index (χ1) is 23.9. The average molecular weight is 794 g/mol. The number of halogens is 1. The molecule has 0 amide bonds. The van der Waals surface area contributed by atoms with E-state index in [-0.39, 0.29) is 24.0 Å². The molecular weight excluding hydrogens is 717 g/mol. The SMILES string of the molecule is C/C=C(\C=C/C(C)/C(=C/C)CC)/C=C/C.C/C=C/c1ccccc1.C1=CCC1.C1=CCCC1.C1CC1.C=C.CCNC.Cc1ccccc1.I. The molecule has 3 aliphatic rings. The lowest BCUT2D eigenvalue weighted by molar-refractivity contribution is 0.806. The molecular formula is C48H76IN. The highest BCUT2D eigenvalue weighted by Gasteiger charge is 2.00. The molecule has 50 heavy (non-hydrogen) atoms. The quantitative estimate of drug-likeness (QED) is 0.167. The third-order valence-electron chi connectivity index (χ3n) is 7.01. The number of nitrogens with one attached hydrogen (secondary N) is 1. The molecule has 1 unspecified atom stereocenters. The van der Waals surface area contributed by atoms with E-state index in [1.807, 2.05) is 63.4 Å². The molecule has 1 saturated carbocycles. The minimum Gasteiger partial charge on any atom is -0.320 e. The molecule has 0 bridgehead atoms. The van der Waals surface area contributed by atoms with Gasteiger partial charge >= 0.3 is 0 Å². The summed E-state index contributed by atoms with van der Waals surface area (Å²) >= 11 is 0. The summed E-state index contributed by atoms with van der Waals surface area (Å²) < 4.78 is 0. The van der Waals surface area contributed by atoms with E-state index >= 15 is 0 Å². The van der Waals surface area contributed by atoms with Crippen molar-refractivity contribution in [2.24, 2.45) is 5.92 Å². The lowest BCUT2D eigenvalue weighted by Crippen LogP contribution is -2.01. The van der Waals surface area contributed by atoms with Crippen LogP contribution in [0.3, 0.4) is 0 Å². The zero-order valence-corrected chi connectivity index (χ0v) is 36.0. The first kappa shape index (κ1) is 53.8. The van der Waals surface area contributed by atoms with Crippen LogP contribution in [0.4, 0.5) is 0 Å². The van der Waals surface area contributed by atoms with Crippen LogP contribution < -0.4 is 5.32 Å². The van der Waals surface area contributed by atoms with Crippen molar-refractivity contribution < 1.29 is 0 Å². The van der Waals surface area contributed by atoms with Crippen LogP contribution in [-0.4, -0.2) is 13.6 Å². The number of benzene rings is 2. The van der Waals surface area contributed by atoms with Crippen molar-refractivity contribution in [3.8, 4) is 0 Å². The molecule has 1 nitrogen and oxygen atoms in total. The van der Waals surface area contributed by atoms with Crippen LogP contribution in [0.15, 0.2) is 152 Å². The van der Waals surface area contributed by atoms with Crippen LogP contribution in [0.1, 0.15) is 117 Å². The van der Waals surface area contributed by atoms with Gasteiger partial charge in [-0.25, -0.2) is 0 Å². The molecule has 3 aliphatic carbocycles. The number of aryl methyl sites for hydroxylation is 1. The Bertz CT molecular complexity index is 1130. The Kier molecular flexibility index (Phi) is 49.6. The summed E-state index contributed by atoms with van der Waals surface area (Å²) in [6.07, 6.45) is 38.3. The fraction of sp³-hybridized carbons (Fsp3) is 0.417. The van der Waals surface area contributed by atoms with Gasteiger partial charge in [0.05, 0.1) is 0 Å². The normalized spacial score (nSPS) is 13.9. The van der Waals surface area contributed by atoms with Crippen molar-refractivity contribution in [1.82, 2.24) is 5.32 Å². The minimum absolute atomic E-state index is 0. The van der Waals surface area contributed by atoms with Gasteiger partial charge in [-0.2, -0.15) is 0 Å². The van der Waals surface area contributed by atoms with E-state index in [0.29, 0.717) is 5.92 Å². The second-order valence-electron chi connectivity index (χ2n) is 11.4. The van der Waals surface area contributed by atoms with Crippen LogP contribution in [0, 0.1) is 12.8 Å². The maximum absolute atomic E-state index is 3.00. The molecule has 1 N–H and O–H groups in total. The number of rotatable bonds is 7. The first-order valence-corrected chi connectivity index (χ1v) is 18.7. The van der Waals surface area contributed by atoms with Gasteiger partial charge < -0.3 is 5.32 Å². The molecule has 0 heterocycles. The lowest BCUT2D eigenvalue weighted by Gasteiger charge is -2.09. The molecule has 2 aromatic rings. The van der Waals surface area contributed by atoms with E-state index in [1.165, 1.54) is 73.6 Å². The van der Waals surface area contributed by atoms with Crippen LogP contribution in [0.2, 0.25) is 0 Å². The maximum Gasteiger partial charge on any atom is -0.00485 e. The van der Waals surface area contributed by atoms with E-state index in [4.69, 9.17) is 0 Å². The highest BCUT2D eigenvalue weighted by atomic mass is 127. The molecule has 280 valence electrons. The summed E-state index contributed by atoms with van der Waals surface area (Å²) in [5, 5.41) is 2.93. The predicted molar refractivity (Wildman–Crippen MR) is 245 cm³/mol. The summed E-state index contributed by atoms with van der Waals surface area (Å²) in [6.45, 7) is 23.9. The van der Waals surface area contributed by atoms with Crippen molar-refractivity contribution in [2.75, 3.05) is 13.6 Å². The Morgan fingerprint density at radius 1 is 0.700 bits per heavy atom. The predicted octanol–water partition coefficient (Wildman–Crippen LogP) is 15.7. The van der Waals surface area contributed by atoms with Crippen molar-refractivity contribution in [1.29, 1.82) is 0 Å². The zero-order valence-electron chi connectivity index (χ0n) is 33.7. The maximum atomic E-state index is 3.00. The second kappa shape index (κ2) is 46.1. The molecule has 0 aromatic heterocycles. The van der Waals surface area contributed by atoms with Gasteiger partial charge in [-0.05, 0) is 104 Å². The summed E-state index contributed by atoms with van der Waals surface area (Å²) in [7, 11) is 1.93. The second-order valence-corrected chi connectivity index (χ2v) is 11.4. The third kappa shape index (κ3) is 43.1. The fourth-order valence-electron chi connectivity index (χ4n) is 3.66. The van der Waals surface area contributed by atoms with Crippen LogP contribution in [-0.2, 0) is 0 Å². The van der Waals surface area contributed by atoms with Gasteiger partial charge in [-0.3, -0.25) is 0 Å². The molecule has 5 rings (SSSR count). The van der Waals surface area contributed by atoms with Gasteiger partial charge in [0.15, 0.2) is 0 Å². The van der Waals surface area contributed by atoms with E-state index in [1.54, 1.807) is 0 Å². The Morgan fingerprint density at radius 2 is 1.16 bits per heavy atom. The molecule has 1 fully saturated rings. The topological polar surface area (TPSA) is 12.0 Å². The van der Waals surface area contributed by atoms with E-state index in [9.17, 15) is 0 Å². The Hall–Kier alpha value is -2.95. The Morgan fingerprint density at radius 3 is 1.42 bits per heavy atom. The van der Waals surface area contributed by atoms with Crippen molar-refractivity contribution in [3.05, 3.63) is 163 Å². The van der Waals surface area contributed by atoms with Crippen molar-refractivity contribution in [3.63, 3.8) is 0 Å². The van der Waals surface area contributed by atoms with Gasteiger partial charge in [0.1, 0.15) is 0 Å². The highest BCUT2D eigenvalue weighted by Crippen LogP contribution is 2.16. The summed E-state index contributed by atoms with van der Waals surface area (Å²) in [5.74, 6) is 0.542. The van der Waals surface area contributed by atoms with Crippen LogP contribution >= 0.6 is 24.0 Å². The minimum atomic E-state index is 0. The molecule has 0 spiro atoms. The van der Waals surface area contributed by atoms with Gasteiger partial charge in [-0.1, -0.05) is 185 Å². The van der Waals surface area contributed by atoms with Crippen molar-refractivity contribution in [2.45, 2.75) is 113 Å². The van der Waals surface area contributed by atoms with Gasteiger partial charge in [0.2, 0.25) is 0 Å². The number of allylic oxidation sites excluding steroid dienone is 13. The van der Waals surface area contributed by atoms with Crippen LogP contribution in [0.25, 0.3) is 6.08 Å². The fourth-order valence-corrected chi connectivity index (χ4v) is 3.66. The third-order valence-corrected chi connectivity index (χ3v) is 7.01. The molecule has 1 atom stereocenters. The van der Waals surface area contributed by atoms with Crippen LogP contribution in [0.5, 0.6) is 0 Å².